The van der Waals surface area contributed by atoms with Crippen LogP contribution in [0.25, 0.3) is 0 Å². The van der Waals surface area contributed by atoms with Crippen molar-refractivity contribution in [3.8, 4) is 5.75 Å². The van der Waals surface area contributed by atoms with E-state index in [1.807, 2.05) is 7.05 Å². The molecule has 0 amide bonds. The van der Waals surface area contributed by atoms with Crippen molar-refractivity contribution in [2.24, 2.45) is 11.3 Å². The summed E-state index contributed by atoms with van der Waals surface area (Å²) in [5.74, 6) is 1.48. The Bertz CT molecular complexity index is 375. The lowest BCUT2D eigenvalue weighted by Gasteiger charge is -2.31. The maximum Gasteiger partial charge on any atom is 0.119 e. The molecule has 19 heavy (non-hydrogen) atoms. The van der Waals surface area contributed by atoms with Gasteiger partial charge in [0.2, 0.25) is 0 Å². The van der Waals surface area contributed by atoms with Crippen molar-refractivity contribution < 1.29 is 4.74 Å². The third kappa shape index (κ3) is 4.54. The summed E-state index contributed by atoms with van der Waals surface area (Å²) in [6.07, 6.45) is 0.244. The van der Waals surface area contributed by atoms with Gasteiger partial charge < -0.3 is 10.1 Å². The van der Waals surface area contributed by atoms with Gasteiger partial charge in [0.15, 0.2) is 0 Å². The van der Waals surface area contributed by atoms with Crippen LogP contribution in [0.15, 0.2) is 24.3 Å². The van der Waals surface area contributed by atoms with E-state index in [1.54, 1.807) is 0 Å². The number of hydrogen-bond acceptors (Lipinski definition) is 2. The van der Waals surface area contributed by atoms with Crippen LogP contribution in [0.5, 0.6) is 5.75 Å². The van der Waals surface area contributed by atoms with Crippen LogP contribution in [0.1, 0.15) is 53.1 Å². The van der Waals surface area contributed by atoms with E-state index in [4.69, 9.17) is 4.74 Å². The van der Waals surface area contributed by atoms with Gasteiger partial charge in [0, 0.05) is 6.04 Å². The average Bonchev–Trinajstić information content (AvgIpc) is 2.30. The summed E-state index contributed by atoms with van der Waals surface area (Å²) in [5, 5.41) is 3.40. The Kier molecular flexibility index (Phi) is 5.42. The molecule has 2 nitrogen and oxygen atoms in total. The highest BCUT2D eigenvalue weighted by Gasteiger charge is 2.24. The van der Waals surface area contributed by atoms with Gasteiger partial charge >= 0.3 is 0 Å². The molecule has 0 aliphatic carbocycles. The fourth-order valence-corrected chi connectivity index (χ4v) is 2.19. The van der Waals surface area contributed by atoms with Gasteiger partial charge in [-0.2, -0.15) is 0 Å². The molecule has 2 atom stereocenters. The zero-order valence-corrected chi connectivity index (χ0v) is 13.4. The lowest BCUT2D eigenvalue weighted by Crippen LogP contribution is -2.29. The zero-order valence-electron chi connectivity index (χ0n) is 13.4. The minimum atomic E-state index is 0.197. The Morgan fingerprint density at radius 3 is 1.89 bits per heavy atom. The number of hydrogen-bond donors (Lipinski definition) is 1. The van der Waals surface area contributed by atoms with Crippen LogP contribution in [-0.2, 0) is 0 Å². The molecule has 0 aliphatic heterocycles. The number of ether oxygens (including phenoxy) is 1. The van der Waals surface area contributed by atoms with Gasteiger partial charge in [-0.3, -0.25) is 0 Å². The van der Waals surface area contributed by atoms with E-state index in [1.165, 1.54) is 5.56 Å². The van der Waals surface area contributed by atoms with E-state index < -0.39 is 0 Å². The molecule has 108 valence electrons. The number of rotatable bonds is 5. The predicted octanol–water partition coefficient (Wildman–Crippen LogP) is 4.42. The van der Waals surface area contributed by atoms with Gasteiger partial charge in [0.1, 0.15) is 5.75 Å². The Labute approximate surface area is 118 Å². The summed E-state index contributed by atoms with van der Waals surface area (Å²) < 4.78 is 5.91. The summed E-state index contributed by atoms with van der Waals surface area (Å²) >= 11 is 0. The zero-order chi connectivity index (χ0) is 14.6. The largest absolute Gasteiger partial charge is 0.490 e. The van der Waals surface area contributed by atoms with Gasteiger partial charge in [0.05, 0.1) is 6.10 Å². The van der Waals surface area contributed by atoms with E-state index in [0.29, 0.717) is 12.0 Å². The topological polar surface area (TPSA) is 21.3 Å². The van der Waals surface area contributed by atoms with Crippen molar-refractivity contribution >= 4 is 0 Å². The van der Waals surface area contributed by atoms with E-state index in [2.05, 4.69) is 71.1 Å². The average molecular weight is 263 g/mol. The van der Waals surface area contributed by atoms with Gasteiger partial charge in [-0.1, -0.05) is 46.8 Å². The van der Waals surface area contributed by atoms with E-state index >= 15 is 0 Å². The van der Waals surface area contributed by atoms with Gasteiger partial charge in [-0.25, -0.2) is 0 Å². The van der Waals surface area contributed by atoms with E-state index in [0.717, 1.165) is 5.75 Å². The van der Waals surface area contributed by atoms with Crippen molar-refractivity contribution in [3.63, 3.8) is 0 Å². The van der Waals surface area contributed by atoms with Crippen molar-refractivity contribution in [3.05, 3.63) is 29.8 Å². The molecule has 2 unspecified atom stereocenters. The van der Waals surface area contributed by atoms with Crippen LogP contribution in [0, 0.1) is 11.3 Å². The third-order valence-electron chi connectivity index (χ3n) is 3.63. The van der Waals surface area contributed by atoms with Crippen LogP contribution in [0.2, 0.25) is 0 Å². The Morgan fingerprint density at radius 1 is 1.00 bits per heavy atom. The molecule has 0 aliphatic rings. The summed E-state index contributed by atoms with van der Waals surface area (Å²) in [6, 6.07) is 8.82. The molecule has 0 radical (unpaired) electrons. The monoisotopic (exact) mass is 263 g/mol. The molecule has 0 saturated heterocycles. The lowest BCUT2D eigenvalue weighted by molar-refractivity contribution is 0.170. The molecule has 0 bridgehead atoms. The lowest BCUT2D eigenvalue weighted by atomic mass is 9.82. The van der Waals surface area contributed by atoms with Gasteiger partial charge in [0.25, 0.3) is 0 Å². The maximum absolute atomic E-state index is 5.91. The molecule has 0 aromatic heterocycles. The third-order valence-corrected chi connectivity index (χ3v) is 3.63. The fraction of sp³-hybridized carbons (Fsp3) is 0.647. The standard InChI is InChI=1S/C17H29NO/c1-12(2)13(3)19-15-10-8-14(9-11-15)16(18-7)17(4,5)6/h8-13,16,18H,1-7H3. The van der Waals surface area contributed by atoms with Crippen molar-refractivity contribution in [1.82, 2.24) is 5.32 Å². The van der Waals surface area contributed by atoms with Crippen LogP contribution in [-0.4, -0.2) is 13.2 Å². The first-order valence-electron chi connectivity index (χ1n) is 7.19. The van der Waals surface area contributed by atoms with Crippen molar-refractivity contribution in [2.75, 3.05) is 7.05 Å². The van der Waals surface area contributed by atoms with Crippen LogP contribution in [0.3, 0.4) is 0 Å². The molecule has 1 aromatic rings. The molecule has 0 saturated carbocycles. The molecule has 0 spiro atoms. The van der Waals surface area contributed by atoms with Crippen LogP contribution >= 0.6 is 0 Å². The molecule has 1 N–H and O–H groups in total. The van der Waals surface area contributed by atoms with Gasteiger partial charge in [-0.15, -0.1) is 0 Å². The first-order chi connectivity index (χ1) is 8.75. The van der Waals surface area contributed by atoms with Crippen molar-refractivity contribution in [2.45, 2.75) is 53.7 Å². The van der Waals surface area contributed by atoms with Crippen molar-refractivity contribution in [1.29, 1.82) is 0 Å². The number of benzene rings is 1. The fourth-order valence-electron chi connectivity index (χ4n) is 2.19. The molecule has 2 heteroatoms. The molecule has 0 fully saturated rings. The maximum atomic E-state index is 5.91. The van der Waals surface area contributed by atoms with Crippen LogP contribution in [0.4, 0.5) is 0 Å². The second kappa shape index (κ2) is 6.42. The smallest absolute Gasteiger partial charge is 0.119 e. The highest BCUT2D eigenvalue weighted by atomic mass is 16.5. The Morgan fingerprint density at radius 2 is 1.53 bits per heavy atom. The van der Waals surface area contributed by atoms with E-state index in [9.17, 15) is 0 Å². The summed E-state index contributed by atoms with van der Waals surface area (Å²) in [7, 11) is 2.02. The van der Waals surface area contributed by atoms with Gasteiger partial charge in [-0.05, 0) is 43.0 Å². The number of nitrogens with one attached hydrogen (secondary N) is 1. The molecular weight excluding hydrogens is 234 g/mol. The molecule has 0 heterocycles. The Balaban J connectivity index is 2.81. The first-order valence-corrected chi connectivity index (χ1v) is 7.19. The minimum absolute atomic E-state index is 0.197. The minimum Gasteiger partial charge on any atom is -0.490 e. The molecule has 1 aromatic carbocycles. The molecule has 1 rings (SSSR count). The summed E-state index contributed by atoms with van der Waals surface area (Å²) in [4.78, 5) is 0. The first kappa shape index (κ1) is 16.0. The Hall–Kier alpha value is -1.02. The van der Waals surface area contributed by atoms with Crippen LogP contribution < -0.4 is 10.1 Å². The second-order valence-corrected chi connectivity index (χ2v) is 6.72. The highest BCUT2D eigenvalue weighted by molar-refractivity contribution is 5.30. The predicted molar refractivity (Wildman–Crippen MR) is 82.6 cm³/mol. The normalized spacial score (nSPS) is 15.4. The summed E-state index contributed by atoms with van der Waals surface area (Å²) in [6.45, 7) is 13.2. The summed E-state index contributed by atoms with van der Waals surface area (Å²) in [5.41, 5.74) is 1.50. The highest BCUT2D eigenvalue weighted by Crippen LogP contribution is 2.33. The quantitative estimate of drug-likeness (QED) is 0.849. The molecular formula is C17H29NO. The van der Waals surface area contributed by atoms with E-state index in [-0.39, 0.29) is 11.5 Å². The SMILES string of the molecule is CNC(c1ccc(OC(C)C(C)C)cc1)C(C)(C)C. The second-order valence-electron chi connectivity index (χ2n) is 6.72.